The molecule has 2 aromatic rings. The zero-order valence-electron chi connectivity index (χ0n) is 17.0. The maximum absolute atomic E-state index is 9.66. The number of aryl methyl sites for hydroxylation is 2. The third-order valence-electron chi connectivity index (χ3n) is 5.49. The number of nitrogens with zero attached hydrogens (tertiary/aromatic N) is 1. The summed E-state index contributed by atoms with van der Waals surface area (Å²) in [5, 5.41) is 9.66. The summed E-state index contributed by atoms with van der Waals surface area (Å²) in [6.45, 7) is 8.92. The van der Waals surface area contributed by atoms with Crippen molar-refractivity contribution in [1.29, 1.82) is 0 Å². The molecule has 0 amide bonds. The molecule has 0 saturated carbocycles. The van der Waals surface area contributed by atoms with Crippen LogP contribution in [0.3, 0.4) is 0 Å². The number of benzene rings is 2. The third kappa shape index (κ3) is 4.01. The second-order valence-corrected chi connectivity index (χ2v) is 7.41. The molecule has 1 atom stereocenters. The standard InChI is InChI=1S/C25H31NO/c1-5-23-21(15-16-27)17-26(22-13-9-19(4)10-14-22)24(6-2)25(23)20-11-7-18(3)8-12-20/h7-14,17,24,27H,5-6,15-16H2,1-4H3. The first-order valence-electron chi connectivity index (χ1n) is 10.1. The summed E-state index contributed by atoms with van der Waals surface area (Å²) in [5.41, 5.74) is 9.11. The first-order valence-corrected chi connectivity index (χ1v) is 10.1. The van der Waals surface area contributed by atoms with Crippen LogP contribution in [0.25, 0.3) is 5.57 Å². The van der Waals surface area contributed by atoms with E-state index in [2.05, 4.69) is 87.3 Å². The fourth-order valence-electron chi connectivity index (χ4n) is 4.07. The Hall–Kier alpha value is -2.32. The van der Waals surface area contributed by atoms with Gasteiger partial charge < -0.3 is 10.0 Å². The molecule has 2 nitrogen and oxygen atoms in total. The molecule has 0 spiro atoms. The van der Waals surface area contributed by atoms with Gasteiger partial charge in [0.25, 0.3) is 0 Å². The summed E-state index contributed by atoms with van der Waals surface area (Å²) < 4.78 is 0. The first-order chi connectivity index (χ1) is 13.1. The van der Waals surface area contributed by atoms with Gasteiger partial charge in [-0.3, -0.25) is 0 Å². The molecule has 2 heteroatoms. The van der Waals surface area contributed by atoms with Crippen molar-refractivity contribution in [3.05, 3.63) is 82.6 Å². The predicted octanol–water partition coefficient (Wildman–Crippen LogP) is 6.03. The summed E-state index contributed by atoms with van der Waals surface area (Å²) in [7, 11) is 0. The van der Waals surface area contributed by atoms with E-state index in [-0.39, 0.29) is 6.61 Å². The van der Waals surface area contributed by atoms with Gasteiger partial charge >= 0.3 is 0 Å². The fraction of sp³-hybridized carbons (Fsp3) is 0.360. The van der Waals surface area contributed by atoms with Crippen LogP contribution >= 0.6 is 0 Å². The lowest BCUT2D eigenvalue weighted by Gasteiger charge is -2.39. The van der Waals surface area contributed by atoms with Gasteiger partial charge in [0.2, 0.25) is 0 Å². The maximum atomic E-state index is 9.66. The van der Waals surface area contributed by atoms with Gasteiger partial charge in [-0.25, -0.2) is 0 Å². The molecule has 0 aromatic heterocycles. The normalized spacial score (nSPS) is 17.3. The highest BCUT2D eigenvalue weighted by Crippen LogP contribution is 2.40. The summed E-state index contributed by atoms with van der Waals surface area (Å²) in [6, 6.07) is 17.9. The van der Waals surface area contributed by atoms with Crippen molar-refractivity contribution in [3.8, 4) is 0 Å². The number of aliphatic hydroxyl groups is 1. The minimum atomic E-state index is 0.176. The van der Waals surface area contributed by atoms with Gasteiger partial charge in [-0.05, 0) is 67.5 Å². The highest BCUT2D eigenvalue weighted by atomic mass is 16.3. The van der Waals surface area contributed by atoms with Crippen molar-refractivity contribution >= 4 is 11.3 Å². The Balaban J connectivity index is 2.16. The van der Waals surface area contributed by atoms with Crippen molar-refractivity contribution in [3.63, 3.8) is 0 Å². The zero-order chi connectivity index (χ0) is 19.4. The fourth-order valence-corrected chi connectivity index (χ4v) is 4.07. The molecule has 0 radical (unpaired) electrons. The molecule has 0 aliphatic carbocycles. The van der Waals surface area contributed by atoms with Crippen molar-refractivity contribution in [2.45, 2.75) is 53.0 Å². The van der Waals surface area contributed by atoms with Crippen molar-refractivity contribution < 1.29 is 5.11 Å². The Bertz CT molecular complexity index is 828. The third-order valence-corrected chi connectivity index (χ3v) is 5.49. The zero-order valence-corrected chi connectivity index (χ0v) is 17.0. The molecular weight excluding hydrogens is 330 g/mol. The Kier molecular flexibility index (Phi) is 6.18. The molecular formula is C25H31NO. The first kappa shape index (κ1) is 19.4. The van der Waals surface area contributed by atoms with Gasteiger partial charge in [0.15, 0.2) is 0 Å². The predicted molar refractivity (Wildman–Crippen MR) is 116 cm³/mol. The second-order valence-electron chi connectivity index (χ2n) is 7.41. The Labute approximate surface area is 163 Å². The molecule has 1 aliphatic heterocycles. The van der Waals surface area contributed by atoms with Gasteiger partial charge in [-0.15, -0.1) is 0 Å². The highest BCUT2D eigenvalue weighted by Gasteiger charge is 2.29. The van der Waals surface area contributed by atoms with Gasteiger partial charge in [-0.2, -0.15) is 0 Å². The minimum absolute atomic E-state index is 0.176. The molecule has 0 saturated heterocycles. The van der Waals surface area contributed by atoms with E-state index < -0.39 is 0 Å². The molecule has 1 N–H and O–H groups in total. The molecule has 0 bridgehead atoms. The minimum Gasteiger partial charge on any atom is -0.396 e. The van der Waals surface area contributed by atoms with Crippen LogP contribution in [0.2, 0.25) is 0 Å². The Morgan fingerprint density at radius 1 is 0.889 bits per heavy atom. The van der Waals surface area contributed by atoms with E-state index in [1.165, 1.54) is 39.1 Å². The lowest BCUT2D eigenvalue weighted by Crippen LogP contribution is -2.35. The largest absolute Gasteiger partial charge is 0.396 e. The summed E-state index contributed by atoms with van der Waals surface area (Å²) in [5.74, 6) is 0. The molecule has 2 aromatic carbocycles. The van der Waals surface area contributed by atoms with Gasteiger partial charge in [0, 0.05) is 18.5 Å². The molecule has 1 aliphatic rings. The van der Waals surface area contributed by atoms with E-state index in [0.717, 1.165) is 12.8 Å². The van der Waals surface area contributed by atoms with Crippen LogP contribution in [-0.2, 0) is 0 Å². The van der Waals surface area contributed by atoms with E-state index in [9.17, 15) is 5.11 Å². The highest BCUT2D eigenvalue weighted by molar-refractivity contribution is 5.82. The number of anilines is 1. The van der Waals surface area contributed by atoms with E-state index in [1.807, 2.05) is 0 Å². The SMILES string of the molecule is CCC1=C(c2ccc(C)cc2)C(CC)N(c2ccc(C)cc2)C=C1CCO. The molecule has 142 valence electrons. The number of aliphatic hydroxyl groups excluding tert-OH is 1. The van der Waals surface area contributed by atoms with E-state index >= 15 is 0 Å². The topological polar surface area (TPSA) is 23.5 Å². The van der Waals surface area contributed by atoms with Crippen molar-refractivity contribution in [1.82, 2.24) is 0 Å². The average Bonchev–Trinajstić information content (AvgIpc) is 2.68. The van der Waals surface area contributed by atoms with Crippen LogP contribution in [0, 0.1) is 13.8 Å². The number of allylic oxidation sites excluding steroid dienone is 1. The number of hydrogen-bond donors (Lipinski definition) is 1. The van der Waals surface area contributed by atoms with E-state index in [0.29, 0.717) is 12.5 Å². The quantitative estimate of drug-likeness (QED) is 0.679. The molecule has 1 heterocycles. The molecule has 1 unspecified atom stereocenters. The van der Waals surface area contributed by atoms with E-state index in [4.69, 9.17) is 0 Å². The monoisotopic (exact) mass is 361 g/mol. The molecule has 0 fully saturated rings. The Morgan fingerprint density at radius 2 is 1.48 bits per heavy atom. The lowest BCUT2D eigenvalue weighted by atomic mass is 9.82. The van der Waals surface area contributed by atoms with Crippen LogP contribution in [-0.4, -0.2) is 17.8 Å². The average molecular weight is 362 g/mol. The van der Waals surface area contributed by atoms with Crippen LogP contribution in [0.4, 0.5) is 5.69 Å². The maximum Gasteiger partial charge on any atom is 0.0591 e. The van der Waals surface area contributed by atoms with E-state index in [1.54, 1.807) is 0 Å². The van der Waals surface area contributed by atoms with Crippen LogP contribution in [0.1, 0.15) is 49.8 Å². The summed E-state index contributed by atoms with van der Waals surface area (Å²) in [6.07, 6.45) is 4.97. The Morgan fingerprint density at radius 3 is 2.00 bits per heavy atom. The van der Waals surface area contributed by atoms with Crippen LogP contribution < -0.4 is 4.90 Å². The van der Waals surface area contributed by atoms with Crippen LogP contribution in [0.5, 0.6) is 0 Å². The lowest BCUT2D eigenvalue weighted by molar-refractivity contribution is 0.299. The summed E-state index contributed by atoms with van der Waals surface area (Å²) >= 11 is 0. The molecule has 3 rings (SSSR count). The van der Waals surface area contributed by atoms with Crippen molar-refractivity contribution in [2.24, 2.45) is 0 Å². The molecule has 27 heavy (non-hydrogen) atoms. The van der Waals surface area contributed by atoms with Crippen LogP contribution in [0.15, 0.2) is 65.9 Å². The summed E-state index contributed by atoms with van der Waals surface area (Å²) in [4.78, 5) is 2.40. The van der Waals surface area contributed by atoms with Gasteiger partial charge in [0.05, 0.1) is 6.04 Å². The number of hydrogen-bond acceptors (Lipinski definition) is 2. The smallest absolute Gasteiger partial charge is 0.0591 e. The van der Waals surface area contributed by atoms with Gasteiger partial charge in [0.1, 0.15) is 0 Å². The number of rotatable bonds is 6. The second kappa shape index (κ2) is 8.58. The van der Waals surface area contributed by atoms with Crippen molar-refractivity contribution in [2.75, 3.05) is 11.5 Å². The van der Waals surface area contributed by atoms with Gasteiger partial charge in [-0.1, -0.05) is 61.4 Å².